The molecule has 0 aliphatic carbocycles. The van der Waals surface area contributed by atoms with Crippen LogP contribution >= 0.6 is 0 Å². The number of hydrogen-bond donors (Lipinski definition) is 2. The third kappa shape index (κ3) is 6.22. The van der Waals surface area contributed by atoms with E-state index in [-0.39, 0.29) is 30.7 Å². The van der Waals surface area contributed by atoms with E-state index in [1.807, 2.05) is 32.6 Å². The third-order valence-electron chi connectivity index (χ3n) is 3.85. The zero-order valence-electron chi connectivity index (χ0n) is 14.2. The average Bonchev–Trinajstić information content (AvgIpc) is 2.42. The van der Waals surface area contributed by atoms with E-state index in [1.165, 1.54) is 0 Å². The molecule has 0 aromatic carbocycles. The summed E-state index contributed by atoms with van der Waals surface area (Å²) in [5, 5.41) is 12.5. The molecule has 124 valence electrons. The maximum absolute atomic E-state index is 12.4. The van der Waals surface area contributed by atoms with Gasteiger partial charge in [-0.3, -0.25) is 0 Å². The Bertz CT molecular complexity index is 328. The van der Waals surface area contributed by atoms with Crippen molar-refractivity contribution >= 4 is 6.09 Å². The van der Waals surface area contributed by atoms with Gasteiger partial charge in [-0.2, -0.15) is 0 Å². The van der Waals surface area contributed by atoms with E-state index in [4.69, 9.17) is 9.84 Å². The summed E-state index contributed by atoms with van der Waals surface area (Å²) in [5.74, 6) is 0.228. The van der Waals surface area contributed by atoms with Gasteiger partial charge in [0.2, 0.25) is 0 Å². The van der Waals surface area contributed by atoms with Crippen LogP contribution in [0.5, 0.6) is 0 Å². The van der Waals surface area contributed by atoms with Crippen LogP contribution in [-0.2, 0) is 4.74 Å². The van der Waals surface area contributed by atoms with Crippen LogP contribution in [0.4, 0.5) is 4.79 Å². The quantitative estimate of drug-likeness (QED) is 0.818. The fourth-order valence-corrected chi connectivity index (χ4v) is 2.61. The molecular weight excluding hydrogens is 268 g/mol. The summed E-state index contributed by atoms with van der Waals surface area (Å²) in [4.78, 5) is 14.2. The molecule has 0 radical (unpaired) electrons. The molecule has 1 fully saturated rings. The van der Waals surface area contributed by atoms with E-state index >= 15 is 0 Å². The topological polar surface area (TPSA) is 61.8 Å². The van der Waals surface area contributed by atoms with Gasteiger partial charge in [-0.15, -0.1) is 0 Å². The van der Waals surface area contributed by atoms with E-state index in [9.17, 15) is 4.79 Å². The van der Waals surface area contributed by atoms with Crippen molar-refractivity contribution in [2.45, 2.75) is 71.6 Å². The molecule has 3 unspecified atom stereocenters. The summed E-state index contributed by atoms with van der Waals surface area (Å²) in [6.45, 7) is 11.5. The molecule has 1 saturated heterocycles. The highest BCUT2D eigenvalue weighted by Crippen LogP contribution is 2.22. The largest absolute Gasteiger partial charge is 0.444 e. The molecule has 1 amide bonds. The van der Waals surface area contributed by atoms with Gasteiger partial charge in [-0.1, -0.05) is 6.92 Å². The standard InChI is InChI=1S/C16H32N2O3/c1-12(11-19)10-17-13(2)14-8-6-7-9-18(14)15(20)21-16(3,4)5/h12-14,17,19H,6-11H2,1-5H3. The summed E-state index contributed by atoms with van der Waals surface area (Å²) in [6.07, 6.45) is 2.97. The highest BCUT2D eigenvalue weighted by atomic mass is 16.6. The van der Waals surface area contributed by atoms with Crippen molar-refractivity contribution in [2.75, 3.05) is 19.7 Å². The minimum Gasteiger partial charge on any atom is -0.444 e. The molecule has 1 heterocycles. The van der Waals surface area contributed by atoms with E-state index in [0.717, 1.165) is 32.4 Å². The fourth-order valence-electron chi connectivity index (χ4n) is 2.61. The van der Waals surface area contributed by atoms with Crippen LogP contribution in [0, 0.1) is 5.92 Å². The van der Waals surface area contributed by atoms with Crippen LogP contribution in [0.25, 0.3) is 0 Å². The van der Waals surface area contributed by atoms with Gasteiger partial charge in [0.1, 0.15) is 5.60 Å². The number of carbonyl (C=O) groups excluding carboxylic acids is 1. The molecule has 0 aromatic heterocycles. The number of aliphatic hydroxyl groups excluding tert-OH is 1. The number of aliphatic hydroxyl groups is 1. The van der Waals surface area contributed by atoms with Gasteiger partial charge in [0.25, 0.3) is 0 Å². The second kappa shape index (κ2) is 7.99. The van der Waals surface area contributed by atoms with Crippen LogP contribution in [0.15, 0.2) is 0 Å². The third-order valence-corrected chi connectivity index (χ3v) is 3.85. The first-order chi connectivity index (χ1) is 9.74. The molecule has 5 heteroatoms. The number of rotatable bonds is 5. The van der Waals surface area contributed by atoms with Gasteiger partial charge >= 0.3 is 6.09 Å². The smallest absolute Gasteiger partial charge is 0.410 e. The maximum Gasteiger partial charge on any atom is 0.410 e. The van der Waals surface area contributed by atoms with Crippen molar-refractivity contribution in [3.63, 3.8) is 0 Å². The number of likely N-dealkylation sites (tertiary alicyclic amines) is 1. The highest BCUT2D eigenvalue weighted by molar-refractivity contribution is 5.68. The van der Waals surface area contributed by atoms with Crippen LogP contribution in [0.3, 0.4) is 0 Å². The monoisotopic (exact) mass is 300 g/mol. The Balaban J connectivity index is 2.61. The molecule has 0 aromatic rings. The molecule has 2 N–H and O–H groups in total. The summed E-state index contributed by atoms with van der Waals surface area (Å²) in [7, 11) is 0. The van der Waals surface area contributed by atoms with Crippen LogP contribution in [0.2, 0.25) is 0 Å². The summed E-state index contributed by atoms with van der Waals surface area (Å²) in [6, 6.07) is 0.367. The minimum atomic E-state index is -0.457. The van der Waals surface area contributed by atoms with Gasteiger partial charge in [0, 0.05) is 25.7 Å². The molecule has 3 atom stereocenters. The van der Waals surface area contributed by atoms with Crippen LogP contribution in [0.1, 0.15) is 53.9 Å². The lowest BCUT2D eigenvalue weighted by atomic mass is 9.96. The fraction of sp³-hybridized carbons (Fsp3) is 0.938. The lowest BCUT2D eigenvalue weighted by Crippen LogP contribution is -2.54. The van der Waals surface area contributed by atoms with E-state index in [2.05, 4.69) is 12.2 Å². The Morgan fingerprint density at radius 1 is 1.38 bits per heavy atom. The number of piperidine rings is 1. The molecule has 1 aliphatic rings. The first-order valence-electron chi connectivity index (χ1n) is 8.08. The normalized spacial score (nSPS) is 22.8. The van der Waals surface area contributed by atoms with E-state index in [0.29, 0.717) is 0 Å². The average molecular weight is 300 g/mol. The molecular formula is C16H32N2O3. The first kappa shape index (κ1) is 18.2. The van der Waals surface area contributed by atoms with Crippen molar-refractivity contribution in [1.82, 2.24) is 10.2 Å². The SMILES string of the molecule is CC(CO)CNC(C)C1CCCCN1C(=O)OC(C)(C)C. The van der Waals surface area contributed by atoms with Crippen molar-refractivity contribution in [1.29, 1.82) is 0 Å². The zero-order chi connectivity index (χ0) is 16.0. The second-order valence-electron chi connectivity index (χ2n) is 7.22. The highest BCUT2D eigenvalue weighted by Gasteiger charge is 2.33. The Kier molecular flexibility index (Phi) is 6.94. The van der Waals surface area contributed by atoms with Crippen molar-refractivity contribution in [3.05, 3.63) is 0 Å². The van der Waals surface area contributed by atoms with Gasteiger partial charge < -0.3 is 20.1 Å². The molecule has 1 aliphatic heterocycles. The Hall–Kier alpha value is -0.810. The van der Waals surface area contributed by atoms with Crippen LogP contribution < -0.4 is 5.32 Å². The predicted molar refractivity (Wildman–Crippen MR) is 84.3 cm³/mol. The van der Waals surface area contributed by atoms with E-state index < -0.39 is 5.60 Å². The number of carbonyl (C=O) groups is 1. The molecule has 0 bridgehead atoms. The molecule has 21 heavy (non-hydrogen) atoms. The number of ether oxygens (including phenoxy) is 1. The summed E-state index contributed by atoms with van der Waals surface area (Å²) >= 11 is 0. The molecule has 1 rings (SSSR count). The maximum atomic E-state index is 12.4. The second-order valence-corrected chi connectivity index (χ2v) is 7.22. The Morgan fingerprint density at radius 2 is 2.05 bits per heavy atom. The van der Waals surface area contributed by atoms with Crippen molar-refractivity contribution < 1.29 is 14.6 Å². The van der Waals surface area contributed by atoms with Gasteiger partial charge in [0.15, 0.2) is 0 Å². The van der Waals surface area contributed by atoms with Gasteiger partial charge in [-0.05, 0) is 52.9 Å². The van der Waals surface area contributed by atoms with Crippen molar-refractivity contribution in [2.24, 2.45) is 5.92 Å². The number of nitrogens with one attached hydrogen (secondary N) is 1. The number of nitrogens with zero attached hydrogens (tertiary/aromatic N) is 1. The number of amides is 1. The molecule has 0 spiro atoms. The lowest BCUT2D eigenvalue weighted by Gasteiger charge is -2.40. The van der Waals surface area contributed by atoms with E-state index in [1.54, 1.807) is 0 Å². The van der Waals surface area contributed by atoms with Crippen LogP contribution in [-0.4, -0.2) is 53.5 Å². The number of hydrogen-bond acceptors (Lipinski definition) is 4. The summed E-state index contributed by atoms with van der Waals surface area (Å²) in [5.41, 5.74) is -0.457. The lowest BCUT2D eigenvalue weighted by molar-refractivity contribution is 0.00535. The zero-order valence-corrected chi connectivity index (χ0v) is 14.2. The van der Waals surface area contributed by atoms with Crippen molar-refractivity contribution in [3.8, 4) is 0 Å². The Morgan fingerprint density at radius 3 is 2.62 bits per heavy atom. The first-order valence-corrected chi connectivity index (χ1v) is 8.08. The summed E-state index contributed by atoms with van der Waals surface area (Å²) < 4.78 is 5.52. The predicted octanol–water partition coefficient (Wildman–Crippen LogP) is 2.38. The van der Waals surface area contributed by atoms with Gasteiger partial charge in [0.05, 0.1) is 6.04 Å². The Labute approximate surface area is 129 Å². The molecule has 0 saturated carbocycles. The molecule has 5 nitrogen and oxygen atoms in total. The van der Waals surface area contributed by atoms with Gasteiger partial charge in [-0.25, -0.2) is 4.79 Å². The minimum absolute atomic E-state index is 0.166.